The summed E-state index contributed by atoms with van der Waals surface area (Å²) in [5, 5.41) is 14.6. The van der Waals surface area contributed by atoms with Crippen molar-refractivity contribution in [2.45, 2.75) is 11.8 Å². The average molecular weight is 398 g/mol. The Hall–Kier alpha value is -3.52. The Morgan fingerprint density at radius 1 is 0.893 bits per heavy atom. The average Bonchev–Trinajstić information content (AvgIpc) is 2.62. The van der Waals surface area contributed by atoms with E-state index in [9.17, 15) is 18.3 Å². The minimum atomic E-state index is -3.98. The molecule has 3 rings (SSSR count). The van der Waals surface area contributed by atoms with Crippen LogP contribution in [0.4, 0.5) is 16.2 Å². The zero-order valence-corrected chi connectivity index (χ0v) is 15.7. The highest BCUT2D eigenvalue weighted by atomic mass is 32.2. The van der Waals surface area contributed by atoms with Gasteiger partial charge in [0.05, 0.1) is 0 Å². The first-order chi connectivity index (χ1) is 13.3. The Morgan fingerprint density at radius 3 is 2.14 bits per heavy atom. The molecule has 0 heterocycles. The lowest BCUT2D eigenvalue weighted by atomic mass is 10.2. The van der Waals surface area contributed by atoms with Crippen molar-refractivity contribution in [1.82, 2.24) is 0 Å². The van der Waals surface area contributed by atoms with Crippen molar-refractivity contribution in [2.24, 2.45) is 0 Å². The monoisotopic (exact) mass is 398 g/mol. The highest BCUT2D eigenvalue weighted by Crippen LogP contribution is 2.23. The van der Waals surface area contributed by atoms with E-state index in [0.717, 1.165) is 5.56 Å². The van der Waals surface area contributed by atoms with Gasteiger partial charge in [0.25, 0.3) is 0 Å². The molecule has 8 heteroatoms. The number of hydrogen-bond acceptors (Lipinski definition) is 5. The van der Waals surface area contributed by atoms with E-state index in [1.807, 2.05) is 6.92 Å². The molecule has 3 N–H and O–H groups in total. The predicted molar refractivity (Wildman–Crippen MR) is 106 cm³/mol. The number of aryl methyl sites for hydroxylation is 1. The zero-order chi connectivity index (χ0) is 20.1. The molecule has 0 aliphatic heterocycles. The van der Waals surface area contributed by atoms with Gasteiger partial charge < -0.3 is 19.9 Å². The van der Waals surface area contributed by atoms with E-state index in [-0.39, 0.29) is 16.4 Å². The fourth-order valence-corrected chi connectivity index (χ4v) is 3.31. The molecule has 0 radical (unpaired) electrons. The molecule has 0 aliphatic carbocycles. The van der Waals surface area contributed by atoms with E-state index in [1.165, 1.54) is 36.4 Å². The molecule has 0 spiro atoms. The van der Waals surface area contributed by atoms with E-state index >= 15 is 0 Å². The first-order valence-corrected chi connectivity index (χ1v) is 9.71. The molecule has 3 aromatic carbocycles. The van der Waals surface area contributed by atoms with Crippen molar-refractivity contribution < 1.29 is 22.5 Å². The van der Waals surface area contributed by atoms with Gasteiger partial charge in [0.2, 0.25) is 0 Å². The molecule has 144 valence electrons. The van der Waals surface area contributed by atoms with Crippen molar-refractivity contribution >= 4 is 27.5 Å². The van der Waals surface area contributed by atoms with Crippen molar-refractivity contribution in [1.29, 1.82) is 0 Å². The maximum Gasteiger partial charge on any atom is 0.339 e. The molecular weight excluding hydrogens is 380 g/mol. The zero-order valence-electron chi connectivity index (χ0n) is 14.9. The van der Waals surface area contributed by atoms with Crippen molar-refractivity contribution in [3.8, 4) is 11.5 Å². The lowest BCUT2D eigenvalue weighted by Gasteiger charge is -2.10. The quantitative estimate of drug-likeness (QED) is 0.561. The molecule has 3 aromatic rings. The van der Waals surface area contributed by atoms with Gasteiger partial charge in [0.15, 0.2) is 0 Å². The van der Waals surface area contributed by atoms with Crippen LogP contribution >= 0.6 is 0 Å². The molecule has 0 aliphatic rings. The molecule has 0 aromatic heterocycles. The number of carbonyl (C=O) groups is 1. The second-order valence-electron chi connectivity index (χ2n) is 6.01. The van der Waals surface area contributed by atoms with E-state index < -0.39 is 16.1 Å². The molecule has 0 unspecified atom stereocenters. The topological polar surface area (TPSA) is 105 Å². The van der Waals surface area contributed by atoms with E-state index in [1.54, 1.807) is 36.4 Å². The molecule has 7 nitrogen and oxygen atoms in total. The smallest absolute Gasteiger partial charge is 0.339 e. The van der Waals surface area contributed by atoms with Gasteiger partial charge in [-0.25, -0.2) is 4.79 Å². The van der Waals surface area contributed by atoms with Crippen LogP contribution < -0.4 is 14.8 Å². The van der Waals surface area contributed by atoms with Crippen LogP contribution in [0.3, 0.4) is 0 Å². The first-order valence-electron chi connectivity index (χ1n) is 8.30. The van der Waals surface area contributed by atoms with Crippen LogP contribution in [0, 0.1) is 6.92 Å². The summed E-state index contributed by atoms with van der Waals surface area (Å²) in [6.07, 6.45) is 0. The Bertz CT molecular complexity index is 1100. The third-order valence-electron chi connectivity index (χ3n) is 3.71. The summed E-state index contributed by atoms with van der Waals surface area (Å²) in [6, 6.07) is 17.9. The minimum absolute atomic E-state index is 0.0227. The summed E-state index contributed by atoms with van der Waals surface area (Å²) in [6.45, 7) is 1.86. The Labute approximate surface area is 162 Å². The van der Waals surface area contributed by atoms with Crippen molar-refractivity contribution in [2.75, 3.05) is 10.6 Å². The third-order valence-corrected chi connectivity index (χ3v) is 4.97. The number of anilines is 2. The van der Waals surface area contributed by atoms with E-state index in [4.69, 9.17) is 4.18 Å². The molecule has 0 atom stereocenters. The minimum Gasteiger partial charge on any atom is -0.508 e. The van der Waals surface area contributed by atoms with Crippen LogP contribution in [-0.2, 0) is 10.1 Å². The number of nitrogens with one attached hydrogen (secondary N) is 2. The largest absolute Gasteiger partial charge is 0.508 e. The number of hydrogen-bond donors (Lipinski definition) is 3. The molecule has 0 saturated carbocycles. The normalized spacial score (nSPS) is 10.9. The maximum absolute atomic E-state index is 12.4. The number of urea groups is 1. The van der Waals surface area contributed by atoms with Crippen LogP contribution in [0.5, 0.6) is 11.5 Å². The summed E-state index contributed by atoms with van der Waals surface area (Å²) < 4.78 is 29.9. The summed E-state index contributed by atoms with van der Waals surface area (Å²) in [7, 11) is -3.98. The van der Waals surface area contributed by atoms with Gasteiger partial charge in [-0.3, -0.25) is 0 Å². The number of amides is 2. The molecule has 2 amide bonds. The second-order valence-corrected chi connectivity index (χ2v) is 7.55. The fourth-order valence-electron chi connectivity index (χ4n) is 2.38. The predicted octanol–water partition coefficient (Wildman–Crippen LogP) is 4.11. The van der Waals surface area contributed by atoms with Crippen LogP contribution in [0.15, 0.2) is 77.7 Å². The second kappa shape index (κ2) is 8.01. The standard InChI is InChI=1S/C20H18N2O5S/c1-14-8-10-19(11-9-14)28(25,26)27-18-7-3-5-16(13-18)22-20(24)21-15-4-2-6-17(23)12-15/h2-13,23H,1H3,(H2,21,22,24). The lowest BCUT2D eigenvalue weighted by Crippen LogP contribution is -2.19. The number of phenols is 1. The van der Waals surface area contributed by atoms with Gasteiger partial charge in [-0.2, -0.15) is 8.42 Å². The van der Waals surface area contributed by atoms with Crippen LogP contribution in [0.2, 0.25) is 0 Å². The lowest BCUT2D eigenvalue weighted by molar-refractivity contribution is 0.262. The highest BCUT2D eigenvalue weighted by Gasteiger charge is 2.16. The van der Waals surface area contributed by atoms with Crippen LogP contribution in [0.1, 0.15) is 5.56 Å². The van der Waals surface area contributed by atoms with E-state index in [0.29, 0.717) is 11.4 Å². The number of phenolic OH excluding ortho intramolecular Hbond substituents is 1. The van der Waals surface area contributed by atoms with Gasteiger partial charge in [-0.15, -0.1) is 0 Å². The Balaban J connectivity index is 1.69. The fraction of sp³-hybridized carbons (Fsp3) is 0.0500. The molecule has 0 fully saturated rings. The van der Waals surface area contributed by atoms with Gasteiger partial charge in [0, 0.05) is 23.5 Å². The SMILES string of the molecule is Cc1ccc(S(=O)(=O)Oc2cccc(NC(=O)Nc3cccc(O)c3)c2)cc1. The Morgan fingerprint density at radius 2 is 1.50 bits per heavy atom. The molecular formula is C20H18N2O5S. The number of benzene rings is 3. The first kappa shape index (κ1) is 19.2. The van der Waals surface area contributed by atoms with Gasteiger partial charge in [0.1, 0.15) is 16.4 Å². The summed E-state index contributed by atoms with van der Waals surface area (Å²) in [5.41, 5.74) is 1.68. The number of aromatic hydroxyl groups is 1. The molecule has 0 saturated heterocycles. The highest BCUT2D eigenvalue weighted by molar-refractivity contribution is 7.87. The number of carbonyl (C=O) groups excluding carboxylic acids is 1. The Kier molecular flexibility index (Phi) is 5.51. The molecule has 0 bridgehead atoms. The van der Waals surface area contributed by atoms with Crippen LogP contribution in [0.25, 0.3) is 0 Å². The third kappa shape index (κ3) is 5.01. The van der Waals surface area contributed by atoms with Gasteiger partial charge >= 0.3 is 16.1 Å². The number of rotatable bonds is 5. The van der Waals surface area contributed by atoms with E-state index in [2.05, 4.69) is 10.6 Å². The van der Waals surface area contributed by atoms with Gasteiger partial charge in [-0.05, 0) is 43.3 Å². The summed E-state index contributed by atoms with van der Waals surface area (Å²) in [4.78, 5) is 12.1. The van der Waals surface area contributed by atoms with Crippen molar-refractivity contribution in [3.63, 3.8) is 0 Å². The molecule has 28 heavy (non-hydrogen) atoms. The van der Waals surface area contributed by atoms with Crippen LogP contribution in [-0.4, -0.2) is 19.6 Å². The maximum atomic E-state index is 12.4. The van der Waals surface area contributed by atoms with Gasteiger partial charge in [-0.1, -0.05) is 29.8 Å². The summed E-state index contributed by atoms with van der Waals surface area (Å²) in [5.74, 6) is 0.0882. The van der Waals surface area contributed by atoms with Crippen molar-refractivity contribution in [3.05, 3.63) is 78.4 Å². The summed E-state index contributed by atoms with van der Waals surface area (Å²) >= 11 is 0.